The van der Waals surface area contributed by atoms with Gasteiger partial charge in [0.15, 0.2) is 0 Å². The first-order chi connectivity index (χ1) is 8.16. The summed E-state index contributed by atoms with van der Waals surface area (Å²) in [7, 11) is 0. The van der Waals surface area contributed by atoms with E-state index in [1.54, 1.807) is 6.33 Å². The lowest BCUT2D eigenvalue weighted by molar-refractivity contribution is 1.20. The lowest BCUT2D eigenvalue weighted by atomic mass is 10.0. The number of aromatic amines is 1. The Hall–Kier alpha value is -1.83. The molecule has 88 valence electrons. The lowest BCUT2D eigenvalue weighted by Crippen LogP contribution is -1.88. The van der Waals surface area contributed by atoms with Crippen LogP contribution in [-0.4, -0.2) is 9.97 Å². The number of hydrogen-bond acceptors (Lipinski definition) is 1. The SMILES string of the molecule is Cc1ccc(C/C=C/c2nc[nH]c2C)c(C)c1. The van der Waals surface area contributed by atoms with Crippen molar-refractivity contribution in [2.24, 2.45) is 0 Å². The molecule has 0 saturated carbocycles. The monoisotopic (exact) mass is 226 g/mol. The minimum atomic E-state index is 0.957. The van der Waals surface area contributed by atoms with E-state index in [-0.39, 0.29) is 0 Å². The Labute approximate surface area is 102 Å². The van der Waals surface area contributed by atoms with Gasteiger partial charge in [-0.3, -0.25) is 0 Å². The highest BCUT2D eigenvalue weighted by Crippen LogP contribution is 2.12. The lowest BCUT2D eigenvalue weighted by Gasteiger charge is -2.03. The molecule has 0 aliphatic rings. The molecule has 1 N–H and O–H groups in total. The molecule has 0 bridgehead atoms. The molecule has 0 fully saturated rings. The van der Waals surface area contributed by atoms with Gasteiger partial charge in [-0.2, -0.15) is 0 Å². The third kappa shape index (κ3) is 2.84. The number of nitrogens with one attached hydrogen (secondary N) is 1. The highest BCUT2D eigenvalue weighted by atomic mass is 14.9. The maximum absolute atomic E-state index is 4.24. The van der Waals surface area contributed by atoms with Gasteiger partial charge in [0.1, 0.15) is 0 Å². The maximum atomic E-state index is 4.24. The molecular formula is C15H18N2. The van der Waals surface area contributed by atoms with Crippen LogP contribution in [0.2, 0.25) is 0 Å². The molecule has 0 aliphatic carbocycles. The summed E-state index contributed by atoms with van der Waals surface area (Å²) in [4.78, 5) is 7.31. The quantitative estimate of drug-likeness (QED) is 0.851. The van der Waals surface area contributed by atoms with Gasteiger partial charge in [-0.1, -0.05) is 29.8 Å². The summed E-state index contributed by atoms with van der Waals surface area (Å²) in [6, 6.07) is 6.59. The predicted octanol–water partition coefficient (Wildman–Crippen LogP) is 3.59. The van der Waals surface area contributed by atoms with Gasteiger partial charge in [0.05, 0.1) is 12.0 Å². The van der Waals surface area contributed by atoms with Crippen molar-refractivity contribution in [1.82, 2.24) is 9.97 Å². The van der Waals surface area contributed by atoms with E-state index in [2.05, 4.69) is 54.2 Å². The van der Waals surface area contributed by atoms with E-state index in [1.165, 1.54) is 16.7 Å². The van der Waals surface area contributed by atoms with E-state index in [0.717, 1.165) is 17.8 Å². The molecule has 2 nitrogen and oxygen atoms in total. The predicted molar refractivity (Wildman–Crippen MR) is 72.0 cm³/mol. The number of rotatable bonds is 3. The van der Waals surface area contributed by atoms with Crippen molar-refractivity contribution in [3.05, 3.63) is 58.7 Å². The number of hydrogen-bond donors (Lipinski definition) is 1. The minimum Gasteiger partial charge on any atom is -0.348 e. The number of H-pyrrole nitrogens is 1. The third-order valence-electron chi connectivity index (χ3n) is 2.98. The Morgan fingerprint density at radius 3 is 2.71 bits per heavy atom. The number of imidazole rings is 1. The van der Waals surface area contributed by atoms with Crippen LogP contribution in [0.1, 0.15) is 28.1 Å². The zero-order valence-corrected chi connectivity index (χ0v) is 10.6. The van der Waals surface area contributed by atoms with Gasteiger partial charge >= 0.3 is 0 Å². The van der Waals surface area contributed by atoms with Crippen LogP contribution in [0.25, 0.3) is 6.08 Å². The van der Waals surface area contributed by atoms with Gasteiger partial charge in [-0.15, -0.1) is 0 Å². The summed E-state index contributed by atoms with van der Waals surface area (Å²) in [5.41, 5.74) is 6.18. The number of aryl methyl sites for hydroxylation is 3. The average Bonchev–Trinajstić information content (AvgIpc) is 2.68. The van der Waals surface area contributed by atoms with Crippen molar-refractivity contribution in [2.75, 3.05) is 0 Å². The standard InChI is InChI=1S/C15H18N2/c1-11-7-8-14(12(2)9-11)5-4-6-15-13(3)16-10-17-15/h4,6-10H,5H2,1-3H3,(H,16,17)/b6-4+. The Kier molecular flexibility index (Phi) is 3.43. The van der Waals surface area contributed by atoms with Crippen molar-refractivity contribution in [3.63, 3.8) is 0 Å². The zero-order valence-electron chi connectivity index (χ0n) is 10.6. The molecule has 1 aromatic heterocycles. The van der Waals surface area contributed by atoms with Gasteiger partial charge in [0, 0.05) is 5.69 Å². The second-order valence-electron chi connectivity index (χ2n) is 4.45. The first-order valence-corrected chi connectivity index (χ1v) is 5.89. The fourth-order valence-corrected chi connectivity index (χ4v) is 1.91. The topological polar surface area (TPSA) is 28.7 Å². The van der Waals surface area contributed by atoms with Crippen LogP contribution >= 0.6 is 0 Å². The minimum absolute atomic E-state index is 0.957. The fraction of sp³-hybridized carbons (Fsp3) is 0.267. The largest absolute Gasteiger partial charge is 0.348 e. The Morgan fingerprint density at radius 2 is 2.06 bits per heavy atom. The summed E-state index contributed by atoms with van der Waals surface area (Å²) < 4.78 is 0. The van der Waals surface area contributed by atoms with Crippen LogP contribution in [0.15, 0.2) is 30.6 Å². The summed E-state index contributed by atoms with van der Waals surface area (Å²) in [5, 5.41) is 0. The van der Waals surface area contributed by atoms with Crippen molar-refractivity contribution in [1.29, 1.82) is 0 Å². The molecule has 0 unspecified atom stereocenters. The normalized spacial score (nSPS) is 11.2. The molecule has 17 heavy (non-hydrogen) atoms. The molecule has 1 aromatic carbocycles. The molecule has 1 heterocycles. The van der Waals surface area contributed by atoms with Crippen LogP contribution < -0.4 is 0 Å². The van der Waals surface area contributed by atoms with Gasteiger partial charge < -0.3 is 4.98 Å². The van der Waals surface area contributed by atoms with Crippen molar-refractivity contribution < 1.29 is 0 Å². The van der Waals surface area contributed by atoms with E-state index in [4.69, 9.17) is 0 Å². The average molecular weight is 226 g/mol. The zero-order chi connectivity index (χ0) is 12.3. The number of benzene rings is 1. The van der Waals surface area contributed by atoms with E-state index >= 15 is 0 Å². The van der Waals surface area contributed by atoms with Gasteiger partial charge in [0.25, 0.3) is 0 Å². The van der Waals surface area contributed by atoms with Crippen LogP contribution in [-0.2, 0) is 6.42 Å². The Bertz CT molecular complexity index is 536. The van der Waals surface area contributed by atoms with E-state index in [0.29, 0.717) is 0 Å². The number of allylic oxidation sites excluding steroid dienone is 1. The second-order valence-corrected chi connectivity index (χ2v) is 4.45. The molecule has 0 radical (unpaired) electrons. The highest BCUT2D eigenvalue weighted by Gasteiger charge is 1.97. The smallest absolute Gasteiger partial charge is 0.0929 e. The summed E-state index contributed by atoms with van der Waals surface area (Å²) in [5.74, 6) is 0. The van der Waals surface area contributed by atoms with Gasteiger partial charge in [-0.25, -0.2) is 4.98 Å². The number of aromatic nitrogens is 2. The second kappa shape index (κ2) is 5.00. The first-order valence-electron chi connectivity index (χ1n) is 5.89. The van der Waals surface area contributed by atoms with Gasteiger partial charge in [0.2, 0.25) is 0 Å². The molecule has 2 heteroatoms. The van der Waals surface area contributed by atoms with E-state index in [1.807, 2.05) is 6.92 Å². The third-order valence-corrected chi connectivity index (χ3v) is 2.98. The maximum Gasteiger partial charge on any atom is 0.0929 e. The summed E-state index contributed by atoms with van der Waals surface area (Å²) in [6.07, 6.45) is 6.93. The highest BCUT2D eigenvalue weighted by molar-refractivity contribution is 5.48. The molecular weight excluding hydrogens is 208 g/mol. The van der Waals surface area contributed by atoms with Crippen LogP contribution in [0.4, 0.5) is 0 Å². The van der Waals surface area contributed by atoms with Crippen LogP contribution in [0.3, 0.4) is 0 Å². The van der Waals surface area contributed by atoms with Gasteiger partial charge in [-0.05, 0) is 44.4 Å². The van der Waals surface area contributed by atoms with Crippen LogP contribution in [0, 0.1) is 20.8 Å². The molecule has 0 saturated heterocycles. The molecule has 2 rings (SSSR count). The molecule has 0 amide bonds. The molecule has 0 atom stereocenters. The van der Waals surface area contributed by atoms with E-state index in [9.17, 15) is 0 Å². The van der Waals surface area contributed by atoms with Crippen LogP contribution in [0.5, 0.6) is 0 Å². The fourth-order valence-electron chi connectivity index (χ4n) is 1.91. The molecule has 2 aromatic rings. The Morgan fingerprint density at radius 1 is 1.24 bits per heavy atom. The summed E-state index contributed by atoms with van der Waals surface area (Å²) in [6.45, 7) is 6.32. The van der Waals surface area contributed by atoms with E-state index < -0.39 is 0 Å². The number of nitrogens with zero attached hydrogens (tertiary/aromatic N) is 1. The molecule has 0 spiro atoms. The van der Waals surface area contributed by atoms with Crippen molar-refractivity contribution >= 4 is 6.08 Å². The summed E-state index contributed by atoms with van der Waals surface area (Å²) >= 11 is 0. The van der Waals surface area contributed by atoms with Crippen molar-refractivity contribution in [2.45, 2.75) is 27.2 Å². The first kappa shape index (κ1) is 11.6. The Balaban J connectivity index is 2.07. The molecule has 0 aliphatic heterocycles. The van der Waals surface area contributed by atoms with Crippen molar-refractivity contribution in [3.8, 4) is 0 Å².